The molecule has 0 bridgehead atoms. The van der Waals surface area contributed by atoms with Gasteiger partial charge in [0, 0.05) is 35.8 Å². The maximum atomic E-state index is 11.7. The van der Waals surface area contributed by atoms with E-state index in [1.54, 1.807) is 18.2 Å². The van der Waals surface area contributed by atoms with Crippen molar-refractivity contribution in [1.82, 2.24) is 10.3 Å². The number of hydrogen-bond donors (Lipinski definition) is 3. The Labute approximate surface area is 113 Å². The SMILES string of the molecule is O=C1CCN(c2ccc3c(C(=O)O)c[nH]c3c2)C(=O)N1. The molecule has 0 spiro atoms. The number of aromatic nitrogens is 1. The van der Waals surface area contributed by atoms with Gasteiger partial charge in [-0.3, -0.25) is 15.0 Å². The first-order chi connectivity index (χ1) is 9.56. The van der Waals surface area contributed by atoms with Crippen LogP contribution in [0.15, 0.2) is 24.4 Å². The smallest absolute Gasteiger partial charge is 0.337 e. The van der Waals surface area contributed by atoms with E-state index >= 15 is 0 Å². The summed E-state index contributed by atoms with van der Waals surface area (Å²) >= 11 is 0. The number of urea groups is 1. The Morgan fingerprint density at radius 2 is 2.10 bits per heavy atom. The fourth-order valence-electron chi connectivity index (χ4n) is 2.27. The summed E-state index contributed by atoms with van der Waals surface area (Å²) in [6.45, 7) is 0.308. The van der Waals surface area contributed by atoms with Crippen LogP contribution < -0.4 is 10.2 Å². The molecule has 1 aliphatic heterocycles. The lowest BCUT2D eigenvalue weighted by molar-refractivity contribution is -0.120. The number of benzene rings is 1. The Morgan fingerprint density at radius 3 is 2.80 bits per heavy atom. The number of rotatable bonds is 2. The molecule has 1 saturated heterocycles. The summed E-state index contributed by atoms with van der Waals surface area (Å²) in [7, 11) is 0. The van der Waals surface area contributed by atoms with Crippen LogP contribution in [0.5, 0.6) is 0 Å². The minimum Gasteiger partial charge on any atom is -0.478 e. The molecule has 2 heterocycles. The van der Waals surface area contributed by atoms with E-state index in [0.29, 0.717) is 23.1 Å². The van der Waals surface area contributed by atoms with Gasteiger partial charge in [0.15, 0.2) is 0 Å². The number of carbonyl (C=O) groups is 3. The minimum absolute atomic E-state index is 0.185. The molecule has 3 amide bonds. The topological polar surface area (TPSA) is 102 Å². The van der Waals surface area contributed by atoms with Gasteiger partial charge in [-0.05, 0) is 18.2 Å². The number of nitrogens with zero attached hydrogens (tertiary/aromatic N) is 1. The predicted octanol–water partition coefficient (Wildman–Crippen LogP) is 1.31. The van der Waals surface area contributed by atoms with Gasteiger partial charge in [-0.25, -0.2) is 9.59 Å². The number of anilines is 1. The number of aromatic amines is 1. The van der Waals surface area contributed by atoms with E-state index in [0.717, 1.165) is 0 Å². The van der Waals surface area contributed by atoms with Gasteiger partial charge in [-0.2, -0.15) is 0 Å². The first-order valence-electron chi connectivity index (χ1n) is 6.02. The van der Waals surface area contributed by atoms with Crippen molar-refractivity contribution in [2.24, 2.45) is 0 Å². The molecular weight excluding hydrogens is 262 g/mol. The van der Waals surface area contributed by atoms with Crippen LogP contribution in [0.3, 0.4) is 0 Å². The summed E-state index contributed by atoms with van der Waals surface area (Å²) in [6, 6.07) is 4.54. The molecule has 3 rings (SSSR count). The second-order valence-electron chi connectivity index (χ2n) is 4.49. The van der Waals surface area contributed by atoms with Crippen LogP contribution >= 0.6 is 0 Å². The summed E-state index contributed by atoms with van der Waals surface area (Å²) in [6.07, 6.45) is 1.66. The molecule has 0 unspecified atom stereocenters. The van der Waals surface area contributed by atoms with Crippen molar-refractivity contribution in [3.8, 4) is 0 Å². The van der Waals surface area contributed by atoms with Crippen LogP contribution in [0, 0.1) is 0 Å². The second-order valence-corrected chi connectivity index (χ2v) is 4.49. The summed E-state index contributed by atoms with van der Waals surface area (Å²) in [5.74, 6) is -1.30. The third kappa shape index (κ3) is 1.89. The Hall–Kier alpha value is -2.83. The number of carboxylic acids is 1. The molecule has 1 aromatic heterocycles. The number of aromatic carboxylic acids is 1. The van der Waals surface area contributed by atoms with E-state index < -0.39 is 12.0 Å². The van der Waals surface area contributed by atoms with Crippen LogP contribution in [-0.4, -0.2) is 34.5 Å². The van der Waals surface area contributed by atoms with Crippen LogP contribution in [0.4, 0.5) is 10.5 Å². The molecule has 20 heavy (non-hydrogen) atoms. The van der Waals surface area contributed by atoms with Crippen molar-refractivity contribution in [1.29, 1.82) is 0 Å². The van der Waals surface area contributed by atoms with Crippen molar-refractivity contribution in [3.05, 3.63) is 30.0 Å². The van der Waals surface area contributed by atoms with E-state index in [9.17, 15) is 14.4 Å². The van der Waals surface area contributed by atoms with Crippen molar-refractivity contribution in [2.45, 2.75) is 6.42 Å². The van der Waals surface area contributed by atoms with Gasteiger partial charge in [0.2, 0.25) is 5.91 Å². The van der Waals surface area contributed by atoms with Crippen LogP contribution in [0.25, 0.3) is 10.9 Å². The molecule has 3 N–H and O–H groups in total. The Kier molecular flexibility index (Phi) is 2.67. The Balaban J connectivity index is 1.99. The first-order valence-corrected chi connectivity index (χ1v) is 6.02. The highest BCUT2D eigenvalue weighted by atomic mass is 16.4. The van der Waals surface area contributed by atoms with Gasteiger partial charge in [0.05, 0.1) is 5.56 Å². The van der Waals surface area contributed by atoms with Gasteiger partial charge < -0.3 is 10.1 Å². The van der Waals surface area contributed by atoms with Crippen LogP contribution in [-0.2, 0) is 4.79 Å². The first kappa shape index (κ1) is 12.2. The molecule has 1 aromatic carbocycles. The summed E-state index contributed by atoms with van der Waals surface area (Å²) in [4.78, 5) is 38.2. The summed E-state index contributed by atoms with van der Waals surface area (Å²) < 4.78 is 0. The maximum Gasteiger partial charge on any atom is 0.337 e. The van der Waals surface area contributed by atoms with E-state index in [4.69, 9.17) is 5.11 Å². The van der Waals surface area contributed by atoms with Crippen LogP contribution in [0.2, 0.25) is 0 Å². The fourth-order valence-corrected chi connectivity index (χ4v) is 2.27. The van der Waals surface area contributed by atoms with E-state index in [1.807, 2.05) is 0 Å². The largest absolute Gasteiger partial charge is 0.478 e. The van der Waals surface area contributed by atoms with Gasteiger partial charge in [-0.15, -0.1) is 0 Å². The van der Waals surface area contributed by atoms with E-state index in [1.165, 1.54) is 11.1 Å². The Morgan fingerprint density at radius 1 is 1.30 bits per heavy atom. The molecule has 0 radical (unpaired) electrons. The molecule has 0 saturated carbocycles. The molecule has 0 atom stereocenters. The molecule has 2 aromatic rings. The number of hydrogen-bond acceptors (Lipinski definition) is 3. The predicted molar refractivity (Wildman–Crippen MR) is 70.8 cm³/mol. The molecule has 7 nitrogen and oxygen atoms in total. The van der Waals surface area contributed by atoms with E-state index in [2.05, 4.69) is 10.3 Å². The zero-order valence-electron chi connectivity index (χ0n) is 10.3. The third-order valence-corrected chi connectivity index (χ3v) is 3.26. The normalized spacial score (nSPS) is 15.5. The maximum absolute atomic E-state index is 11.7. The zero-order valence-corrected chi connectivity index (χ0v) is 10.3. The molecule has 7 heteroatoms. The molecule has 0 aliphatic carbocycles. The monoisotopic (exact) mass is 273 g/mol. The number of fused-ring (bicyclic) bond motifs is 1. The molecular formula is C13H11N3O4. The molecule has 102 valence electrons. The van der Waals surface area contributed by atoms with E-state index in [-0.39, 0.29) is 17.9 Å². The lowest BCUT2D eigenvalue weighted by Crippen LogP contribution is -2.49. The average molecular weight is 273 g/mol. The minimum atomic E-state index is -1.01. The fraction of sp³-hybridized carbons (Fsp3) is 0.154. The third-order valence-electron chi connectivity index (χ3n) is 3.26. The number of carboxylic acid groups (broad SMARTS) is 1. The number of carbonyl (C=O) groups excluding carboxylic acids is 2. The molecule has 1 fully saturated rings. The number of imide groups is 1. The average Bonchev–Trinajstić information content (AvgIpc) is 2.81. The number of amides is 3. The van der Waals surface area contributed by atoms with Crippen molar-refractivity contribution in [2.75, 3.05) is 11.4 Å². The Bertz CT molecular complexity index is 734. The lowest BCUT2D eigenvalue weighted by Gasteiger charge is -2.26. The zero-order chi connectivity index (χ0) is 14.3. The standard InChI is InChI=1S/C13H11N3O4/c17-11-3-4-16(13(20)15-11)7-1-2-8-9(12(18)19)6-14-10(8)5-7/h1-2,5-6,14H,3-4H2,(H,18,19)(H,15,17,20). The van der Waals surface area contributed by atoms with Gasteiger partial charge in [0.25, 0.3) is 0 Å². The van der Waals surface area contributed by atoms with Crippen LogP contribution in [0.1, 0.15) is 16.8 Å². The quantitative estimate of drug-likeness (QED) is 0.767. The van der Waals surface area contributed by atoms with Crippen molar-refractivity contribution < 1.29 is 19.5 Å². The highest BCUT2D eigenvalue weighted by molar-refractivity contribution is 6.08. The highest BCUT2D eigenvalue weighted by Crippen LogP contribution is 2.25. The van der Waals surface area contributed by atoms with Gasteiger partial charge >= 0.3 is 12.0 Å². The highest BCUT2D eigenvalue weighted by Gasteiger charge is 2.24. The van der Waals surface area contributed by atoms with Crippen molar-refractivity contribution in [3.63, 3.8) is 0 Å². The second kappa shape index (κ2) is 4.37. The number of nitrogens with one attached hydrogen (secondary N) is 2. The van der Waals surface area contributed by atoms with Gasteiger partial charge in [0.1, 0.15) is 0 Å². The lowest BCUT2D eigenvalue weighted by atomic mass is 10.1. The number of H-pyrrole nitrogens is 1. The summed E-state index contributed by atoms with van der Waals surface area (Å²) in [5.41, 5.74) is 1.43. The van der Waals surface area contributed by atoms with Gasteiger partial charge in [-0.1, -0.05) is 0 Å². The summed E-state index contributed by atoms with van der Waals surface area (Å²) in [5, 5.41) is 11.9. The van der Waals surface area contributed by atoms with Crippen molar-refractivity contribution >= 4 is 34.5 Å². The molecule has 1 aliphatic rings.